The highest BCUT2D eigenvalue weighted by molar-refractivity contribution is 7.87. The largest absolute Gasteiger partial charge is 0.493 e. The Hall–Kier alpha value is -4.31. The van der Waals surface area contributed by atoms with Crippen molar-refractivity contribution in [1.29, 1.82) is 0 Å². The first-order valence-corrected chi connectivity index (χ1v) is 14.0. The van der Waals surface area contributed by atoms with Crippen LogP contribution < -0.4 is 8.92 Å². The van der Waals surface area contributed by atoms with Crippen LogP contribution in [-0.4, -0.2) is 32.4 Å². The van der Waals surface area contributed by atoms with Crippen LogP contribution in [0.4, 0.5) is 13.2 Å². The minimum Gasteiger partial charge on any atom is -0.493 e. The van der Waals surface area contributed by atoms with Crippen LogP contribution in [0.1, 0.15) is 35.3 Å². The fourth-order valence-electron chi connectivity index (χ4n) is 4.17. The van der Waals surface area contributed by atoms with Crippen molar-refractivity contribution in [3.8, 4) is 22.6 Å². The van der Waals surface area contributed by atoms with E-state index in [-0.39, 0.29) is 30.0 Å². The first-order chi connectivity index (χ1) is 19.4. The fraction of sp³-hybridized carbons (Fsp3) is 0.194. The number of ether oxygens (including phenoxy) is 1. The van der Waals surface area contributed by atoms with Crippen LogP contribution in [-0.2, 0) is 22.8 Å². The van der Waals surface area contributed by atoms with Gasteiger partial charge in [0.05, 0.1) is 12.7 Å². The molecule has 0 radical (unpaired) electrons. The van der Waals surface area contributed by atoms with Crippen molar-refractivity contribution in [3.05, 3.63) is 114 Å². The van der Waals surface area contributed by atoms with E-state index < -0.39 is 26.8 Å². The highest BCUT2D eigenvalue weighted by Gasteiger charge is 2.32. The van der Waals surface area contributed by atoms with Gasteiger partial charge in [-0.25, -0.2) is 0 Å². The summed E-state index contributed by atoms with van der Waals surface area (Å²) in [5, 5.41) is 0. The maximum atomic E-state index is 13.5. The van der Waals surface area contributed by atoms with E-state index in [0.717, 1.165) is 29.3 Å². The number of hydrogen-bond acceptors (Lipinski definition) is 5. The molecule has 0 spiro atoms. The van der Waals surface area contributed by atoms with E-state index in [1.165, 1.54) is 19.2 Å². The van der Waals surface area contributed by atoms with Gasteiger partial charge in [-0.15, -0.1) is 0 Å². The van der Waals surface area contributed by atoms with E-state index in [1.54, 1.807) is 23.1 Å². The molecule has 0 unspecified atom stereocenters. The summed E-state index contributed by atoms with van der Waals surface area (Å²) < 4.78 is 75.7. The number of carbonyl (C=O) groups is 1. The Balaban J connectivity index is 1.58. The van der Waals surface area contributed by atoms with E-state index in [0.29, 0.717) is 17.2 Å². The Morgan fingerprint density at radius 2 is 1.49 bits per heavy atom. The number of amides is 1. The van der Waals surface area contributed by atoms with Crippen LogP contribution in [0, 0.1) is 0 Å². The second-order valence-corrected chi connectivity index (χ2v) is 11.1. The van der Waals surface area contributed by atoms with Gasteiger partial charge in [0.25, 0.3) is 5.91 Å². The molecule has 0 aliphatic carbocycles. The van der Waals surface area contributed by atoms with E-state index in [4.69, 9.17) is 8.92 Å². The van der Waals surface area contributed by atoms with Gasteiger partial charge in [0.2, 0.25) is 0 Å². The topological polar surface area (TPSA) is 72.9 Å². The van der Waals surface area contributed by atoms with Gasteiger partial charge in [-0.2, -0.15) is 21.6 Å². The third kappa shape index (κ3) is 7.07. The second-order valence-electron chi connectivity index (χ2n) is 9.52. The lowest BCUT2D eigenvalue weighted by Gasteiger charge is -2.27. The van der Waals surface area contributed by atoms with Crippen LogP contribution in [0.5, 0.6) is 11.5 Å². The summed E-state index contributed by atoms with van der Waals surface area (Å²) >= 11 is 0. The molecule has 0 fully saturated rings. The van der Waals surface area contributed by atoms with E-state index in [9.17, 15) is 26.4 Å². The highest BCUT2D eigenvalue weighted by atomic mass is 32.2. The minimum absolute atomic E-state index is 0.0585. The number of alkyl halides is 3. The van der Waals surface area contributed by atoms with Crippen LogP contribution in [0.25, 0.3) is 11.1 Å². The van der Waals surface area contributed by atoms with E-state index in [1.807, 2.05) is 56.3 Å². The Morgan fingerprint density at radius 1 is 0.829 bits per heavy atom. The molecule has 4 aromatic carbocycles. The quantitative estimate of drug-likeness (QED) is 0.195. The maximum Gasteiger partial charge on any atom is 0.416 e. The molecule has 41 heavy (non-hydrogen) atoms. The third-order valence-corrected chi connectivity index (χ3v) is 7.58. The van der Waals surface area contributed by atoms with E-state index >= 15 is 0 Å². The molecule has 0 aromatic heterocycles. The zero-order valence-corrected chi connectivity index (χ0v) is 23.4. The summed E-state index contributed by atoms with van der Waals surface area (Å²) in [6.45, 7) is 3.82. The van der Waals surface area contributed by atoms with Crippen molar-refractivity contribution in [1.82, 2.24) is 4.90 Å². The molecule has 0 saturated heterocycles. The number of benzene rings is 4. The number of carbonyl (C=O) groups excluding carboxylic acids is 1. The fourth-order valence-corrected chi connectivity index (χ4v) is 5.15. The highest BCUT2D eigenvalue weighted by Crippen LogP contribution is 2.34. The average Bonchev–Trinajstić information content (AvgIpc) is 2.95. The Bertz CT molecular complexity index is 1620. The number of nitrogens with zero attached hydrogens (tertiary/aromatic N) is 1. The molecule has 6 nitrogen and oxygen atoms in total. The molecular weight excluding hydrogens is 555 g/mol. The van der Waals surface area contributed by atoms with Crippen molar-refractivity contribution in [2.24, 2.45) is 0 Å². The number of halogens is 3. The first-order valence-electron chi connectivity index (χ1n) is 12.6. The standard InChI is InChI=1S/C31H28F3NO5S/c1-21(2)35(30(36)25-15-13-24(14-16-25)23-8-5-4-6-9-23)20-22-12-17-28(39-3)29(18-22)40-41(37,38)27-11-7-10-26(19-27)31(32,33)34/h4-19,21H,20H2,1-3H3. The van der Waals surface area contributed by atoms with Gasteiger partial charge < -0.3 is 13.8 Å². The average molecular weight is 584 g/mol. The van der Waals surface area contributed by atoms with Crippen LogP contribution >= 0.6 is 0 Å². The molecule has 0 aliphatic heterocycles. The molecule has 4 aromatic rings. The monoisotopic (exact) mass is 583 g/mol. The second kappa shape index (κ2) is 12.1. The molecule has 1 amide bonds. The number of methoxy groups -OCH3 is 1. The van der Waals surface area contributed by atoms with Crippen molar-refractivity contribution in [3.63, 3.8) is 0 Å². The number of rotatable bonds is 9. The Labute approximate surface area is 237 Å². The molecular formula is C31H28F3NO5S. The van der Waals surface area contributed by atoms with E-state index in [2.05, 4.69) is 0 Å². The lowest BCUT2D eigenvalue weighted by atomic mass is 10.0. The third-order valence-electron chi connectivity index (χ3n) is 6.35. The molecule has 4 rings (SSSR count). The van der Waals surface area contributed by atoms with Crippen molar-refractivity contribution < 1.29 is 35.3 Å². The van der Waals surface area contributed by atoms with Gasteiger partial charge in [0, 0.05) is 18.2 Å². The summed E-state index contributed by atoms with van der Waals surface area (Å²) in [6.07, 6.45) is -4.72. The molecule has 0 saturated carbocycles. The zero-order valence-electron chi connectivity index (χ0n) is 22.6. The maximum absolute atomic E-state index is 13.5. The first kappa shape index (κ1) is 29.7. The normalized spacial score (nSPS) is 11.8. The number of hydrogen-bond donors (Lipinski definition) is 0. The predicted octanol–water partition coefficient (Wildman–Crippen LogP) is 7.20. The smallest absolute Gasteiger partial charge is 0.416 e. The molecule has 214 valence electrons. The van der Waals surface area contributed by atoms with Gasteiger partial charge in [0.15, 0.2) is 11.5 Å². The lowest BCUT2D eigenvalue weighted by Crippen LogP contribution is -2.36. The van der Waals surface area contributed by atoms with Gasteiger partial charge >= 0.3 is 16.3 Å². The Kier molecular flexibility index (Phi) is 8.72. The minimum atomic E-state index is -4.72. The molecule has 0 atom stereocenters. The summed E-state index contributed by atoms with van der Waals surface area (Å²) in [4.78, 5) is 14.4. The van der Waals surface area contributed by atoms with Gasteiger partial charge in [0.1, 0.15) is 4.90 Å². The van der Waals surface area contributed by atoms with Crippen molar-refractivity contribution in [2.75, 3.05) is 7.11 Å². The van der Waals surface area contributed by atoms with Crippen LogP contribution in [0.15, 0.2) is 102 Å². The SMILES string of the molecule is COc1ccc(CN(C(=O)c2ccc(-c3ccccc3)cc2)C(C)C)cc1OS(=O)(=O)c1cccc(C(F)(F)F)c1. The van der Waals surface area contributed by atoms with Gasteiger partial charge in [-0.1, -0.05) is 54.6 Å². The van der Waals surface area contributed by atoms with Gasteiger partial charge in [-0.05, 0) is 73.0 Å². The van der Waals surface area contributed by atoms with Gasteiger partial charge in [-0.3, -0.25) is 4.79 Å². The summed E-state index contributed by atoms with van der Waals surface area (Å²) in [5.74, 6) is -0.386. The lowest BCUT2D eigenvalue weighted by molar-refractivity contribution is -0.137. The summed E-state index contributed by atoms with van der Waals surface area (Å²) in [5.41, 5.74) is 1.89. The molecule has 0 aliphatic rings. The zero-order chi connectivity index (χ0) is 29.8. The summed E-state index contributed by atoms with van der Waals surface area (Å²) in [6, 6.07) is 24.6. The van der Waals surface area contributed by atoms with Crippen molar-refractivity contribution >= 4 is 16.0 Å². The Morgan fingerprint density at radius 3 is 2.10 bits per heavy atom. The molecule has 0 heterocycles. The van der Waals surface area contributed by atoms with Crippen LogP contribution in [0.3, 0.4) is 0 Å². The predicted molar refractivity (Wildman–Crippen MR) is 149 cm³/mol. The molecule has 10 heteroatoms. The van der Waals surface area contributed by atoms with Crippen molar-refractivity contribution in [2.45, 2.75) is 37.5 Å². The summed E-state index contributed by atoms with van der Waals surface area (Å²) in [7, 11) is -3.33. The molecule has 0 bridgehead atoms. The molecule has 0 N–H and O–H groups in total. The van der Waals surface area contributed by atoms with Crippen LogP contribution in [0.2, 0.25) is 0 Å².